The van der Waals surface area contributed by atoms with Crippen LogP contribution in [0.25, 0.3) is 0 Å². The molecule has 1 aliphatic heterocycles. The summed E-state index contributed by atoms with van der Waals surface area (Å²) in [7, 11) is 3.18. The smallest absolute Gasteiger partial charge is 0.390 e. The van der Waals surface area contributed by atoms with Crippen molar-refractivity contribution in [1.29, 1.82) is 0 Å². The topological polar surface area (TPSA) is 71.1 Å². The third kappa shape index (κ3) is 8.16. The van der Waals surface area contributed by atoms with Gasteiger partial charge in [0.2, 0.25) is 5.91 Å². The van der Waals surface area contributed by atoms with Crippen molar-refractivity contribution in [2.24, 2.45) is 5.92 Å². The van der Waals surface area contributed by atoms with E-state index in [1.807, 2.05) is 20.8 Å². The molecular weight excluding hydrogens is 451 g/mol. The summed E-state index contributed by atoms with van der Waals surface area (Å²) in [6.07, 6.45) is -4.49. The van der Waals surface area contributed by atoms with Crippen LogP contribution in [0.1, 0.15) is 50.4 Å². The second-order valence-corrected chi connectivity index (χ2v) is 8.97. The summed E-state index contributed by atoms with van der Waals surface area (Å²) < 4.78 is 50.4. The fourth-order valence-corrected chi connectivity index (χ4v) is 3.96. The molecule has 2 amide bonds. The van der Waals surface area contributed by atoms with Gasteiger partial charge in [-0.15, -0.1) is 0 Å². The lowest BCUT2D eigenvalue weighted by atomic mass is 10.0. The van der Waals surface area contributed by atoms with Gasteiger partial charge in [0.05, 0.1) is 18.1 Å². The molecule has 1 aromatic rings. The molecule has 0 bridgehead atoms. The first-order chi connectivity index (χ1) is 15.9. The van der Waals surface area contributed by atoms with E-state index in [1.165, 1.54) is 12.0 Å². The van der Waals surface area contributed by atoms with Crippen LogP contribution >= 0.6 is 0 Å². The van der Waals surface area contributed by atoms with Crippen molar-refractivity contribution in [3.8, 4) is 5.75 Å². The van der Waals surface area contributed by atoms with Gasteiger partial charge in [-0.3, -0.25) is 14.5 Å². The van der Waals surface area contributed by atoms with Gasteiger partial charge in [-0.25, -0.2) is 0 Å². The number of methoxy groups -OCH3 is 1. The molecule has 0 radical (unpaired) electrons. The average molecular weight is 488 g/mol. The molecule has 3 atom stereocenters. The fourth-order valence-electron chi connectivity index (χ4n) is 3.96. The zero-order valence-electron chi connectivity index (χ0n) is 20.6. The molecular formula is C24H36F3N3O4. The Labute approximate surface area is 199 Å². The summed E-state index contributed by atoms with van der Waals surface area (Å²) in [6, 6.07) is 4.51. The molecule has 0 saturated carbocycles. The number of anilines is 1. The van der Waals surface area contributed by atoms with Crippen LogP contribution in [0.2, 0.25) is 0 Å². The average Bonchev–Trinajstić information content (AvgIpc) is 2.77. The summed E-state index contributed by atoms with van der Waals surface area (Å²) in [4.78, 5) is 28.6. The van der Waals surface area contributed by atoms with Gasteiger partial charge in [0.25, 0.3) is 5.91 Å². The van der Waals surface area contributed by atoms with Crippen molar-refractivity contribution in [2.45, 2.75) is 58.4 Å². The van der Waals surface area contributed by atoms with E-state index in [9.17, 15) is 22.8 Å². The monoisotopic (exact) mass is 487 g/mol. The molecule has 0 unspecified atom stereocenters. The summed E-state index contributed by atoms with van der Waals surface area (Å²) in [6.45, 7) is 6.19. The number of fused-ring (bicyclic) bond motifs is 1. The molecule has 0 aromatic heterocycles. The van der Waals surface area contributed by atoms with Crippen molar-refractivity contribution in [1.82, 2.24) is 9.80 Å². The van der Waals surface area contributed by atoms with Crippen molar-refractivity contribution in [2.75, 3.05) is 45.7 Å². The molecule has 34 heavy (non-hydrogen) atoms. The predicted molar refractivity (Wildman–Crippen MR) is 124 cm³/mol. The zero-order chi connectivity index (χ0) is 25.5. The molecule has 0 fully saturated rings. The van der Waals surface area contributed by atoms with E-state index < -0.39 is 12.6 Å². The molecule has 1 N–H and O–H groups in total. The number of nitrogens with zero attached hydrogens (tertiary/aromatic N) is 2. The first kappa shape index (κ1) is 27.9. The van der Waals surface area contributed by atoms with Crippen molar-refractivity contribution >= 4 is 17.5 Å². The highest BCUT2D eigenvalue weighted by Gasteiger charge is 2.32. The molecule has 0 spiro atoms. The number of benzene rings is 1. The Bertz CT molecular complexity index is 834. The number of halogens is 3. The van der Waals surface area contributed by atoms with Crippen LogP contribution < -0.4 is 10.1 Å². The second-order valence-electron chi connectivity index (χ2n) is 8.97. The molecule has 1 aromatic carbocycles. The van der Waals surface area contributed by atoms with Crippen LogP contribution in [0.4, 0.5) is 18.9 Å². The Hall–Kier alpha value is -2.33. The third-order valence-electron chi connectivity index (χ3n) is 6.02. The molecule has 10 heteroatoms. The van der Waals surface area contributed by atoms with Crippen LogP contribution in [0.15, 0.2) is 18.2 Å². The number of nitrogens with one attached hydrogen (secondary N) is 1. The summed E-state index contributed by atoms with van der Waals surface area (Å²) in [5, 5.41) is 2.78. The van der Waals surface area contributed by atoms with Crippen molar-refractivity contribution in [3.05, 3.63) is 23.8 Å². The van der Waals surface area contributed by atoms with E-state index >= 15 is 0 Å². The van der Waals surface area contributed by atoms with Gasteiger partial charge in [0.15, 0.2) is 0 Å². The van der Waals surface area contributed by atoms with E-state index in [1.54, 1.807) is 30.1 Å². The number of likely N-dealkylation sites (N-methyl/N-ethyl adjacent to an activating group) is 1. The van der Waals surface area contributed by atoms with Crippen LogP contribution in [0, 0.1) is 5.92 Å². The number of alkyl halides is 3. The SMILES string of the molecule is CCCC(=O)Nc1ccc2c(c1)C(=O)N(C)C[C@H](OC)[C@@H](C)CN(CCC(F)(F)F)[C@@H](C)CO2. The lowest BCUT2D eigenvalue weighted by Crippen LogP contribution is -2.47. The Morgan fingerprint density at radius 1 is 1.26 bits per heavy atom. The van der Waals surface area contributed by atoms with Crippen molar-refractivity contribution in [3.63, 3.8) is 0 Å². The lowest BCUT2D eigenvalue weighted by Gasteiger charge is -2.36. The van der Waals surface area contributed by atoms with Gasteiger partial charge >= 0.3 is 6.18 Å². The number of rotatable bonds is 6. The Kier molecular flexibility index (Phi) is 10.2. The van der Waals surface area contributed by atoms with Gasteiger partial charge in [0.1, 0.15) is 12.4 Å². The third-order valence-corrected chi connectivity index (χ3v) is 6.02. The van der Waals surface area contributed by atoms with Gasteiger partial charge in [-0.2, -0.15) is 13.2 Å². The summed E-state index contributed by atoms with van der Waals surface area (Å²) in [5.74, 6) is -0.262. The number of ether oxygens (including phenoxy) is 2. The van der Waals surface area contributed by atoms with Crippen LogP contribution in [0.5, 0.6) is 5.75 Å². The number of hydrogen-bond acceptors (Lipinski definition) is 5. The van der Waals surface area contributed by atoms with E-state index in [0.717, 1.165) is 0 Å². The number of carbonyl (C=O) groups is 2. The van der Waals surface area contributed by atoms with Crippen LogP contribution in [0.3, 0.4) is 0 Å². The molecule has 0 aliphatic carbocycles. The standard InChI is InChI=1S/C24H36F3N3O4/c1-6-7-22(31)28-18-8-9-20-19(12-18)23(32)29(4)14-21(33-5)16(2)13-30(17(3)15-34-20)11-10-24(25,26)27/h8-9,12,16-17,21H,6-7,10-11,13-15H2,1-5H3,(H,28,31)/t16-,17-,21-/m0/s1. The van der Waals surface area contributed by atoms with Crippen molar-refractivity contribution < 1.29 is 32.2 Å². The first-order valence-corrected chi connectivity index (χ1v) is 11.6. The fraction of sp³-hybridized carbons (Fsp3) is 0.667. The maximum absolute atomic E-state index is 13.3. The minimum Gasteiger partial charge on any atom is -0.491 e. The quantitative estimate of drug-likeness (QED) is 0.652. The van der Waals surface area contributed by atoms with E-state index in [0.29, 0.717) is 30.8 Å². The molecule has 2 rings (SSSR count). The highest BCUT2D eigenvalue weighted by atomic mass is 19.4. The number of amides is 2. The second kappa shape index (κ2) is 12.4. The maximum atomic E-state index is 13.3. The molecule has 0 saturated heterocycles. The van der Waals surface area contributed by atoms with Gasteiger partial charge in [-0.1, -0.05) is 13.8 Å². The Balaban J connectivity index is 2.37. The highest BCUT2D eigenvalue weighted by molar-refractivity contribution is 5.99. The predicted octanol–water partition coefficient (Wildman–Crippen LogP) is 4.18. The van der Waals surface area contributed by atoms with E-state index in [4.69, 9.17) is 9.47 Å². The summed E-state index contributed by atoms with van der Waals surface area (Å²) in [5.41, 5.74) is 0.750. The normalized spacial score (nSPS) is 22.9. The minimum absolute atomic E-state index is 0.105. The number of hydrogen-bond donors (Lipinski definition) is 1. The van der Waals surface area contributed by atoms with Gasteiger partial charge in [-0.05, 0) is 37.5 Å². The van der Waals surface area contributed by atoms with Gasteiger partial charge in [0, 0.05) is 51.9 Å². The van der Waals surface area contributed by atoms with E-state index in [-0.39, 0.29) is 55.1 Å². The Morgan fingerprint density at radius 3 is 2.59 bits per heavy atom. The highest BCUT2D eigenvalue weighted by Crippen LogP contribution is 2.27. The molecule has 7 nitrogen and oxygen atoms in total. The Morgan fingerprint density at radius 2 is 1.97 bits per heavy atom. The summed E-state index contributed by atoms with van der Waals surface area (Å²) >= 11 is 0. The molecule has 1 aliphatic rings. The van der Waals surface area contributed by atoms with E-state index in [2.05, 4.69) is 5.32 Å². The van der Waals surface area contributed by atoms with Gasteiger partial charge < -0.3 is 19.7 Å². The lowest BCUT2D eigenvalue weighted by molar-refractivity contribution is -0.140. The largest absolute Gasteiger partial charge is 0.491 e. The van der Waals surface area contributed by atoms with Crippen LogP contribution in [-0.4, -0.2) is 80.3 Å². The van der Waals surface area contributed by atoms with Crippen LogP contribution in [-0.2, 0) is 9.53 Å². The first-order valence-electron chi connectivity index (χ1n) is 11.6. The number of carbonyl (C=O) groups excluding carboxylic acids is 2. The zero-order valence-corrected chi connectivity index (χ0v) is 20.6. The molecule has 192 valence electrons. The molecule has 1 heterocycles. The maximum Gasteiger partial charge on any atom is 0.390 e. The minimum atomic E-state index is -4.26.